The van der Waals surface area contributed by atoms with Crippen molar-refractivity contribution in [1.82, 2.24) is 15.1 Å². The summed E-state index contributed by atoms with van der Waals surface area (Å²) in [5.74, 6) is 0.660. The molecular formula is C14H16ClN3O2. The van der Waals surface area contributed by atoms with E-state index in [1.165, 1.54) is 0 Å². The van der Waals surface area contributed by atoms with Crippen LogP contribution in [-0.2, 0) is 6.54 Å². The third-order valence-electron chi connectivity index (χ3n) is 2.89. The number of aromatic nitrogens is 2. The lowest BCUT2D eigenvalue weighted by atomic mass is 10.4. The molecule has 106 valence electrons. The summed E-state index contributed by atoms with van der Waals surface area (Å²) in [6, 6.07) is 3.40. The van der Waals surface area contributed by atoms with Crippen LogP contribution in [0.5, 0.6) is 0 Å². The Morgan fingerprint density at radius 3 is 2.90 bits per heavy atom. The quantitative estimate of drug-likeness (QED) is 0.862. The molecule has 0 bridgehead atoms. The molecule has 2 aromatic rings. The monoisotopic (exact) mass is 293 g/mol. The number of amides is 1. The molecule has 0 aromatic carbocycles. The molecule has 0 aliphatic heterocycles. The standard InChI is InChI=1S/C14H16ClN3O2/c1-4-7-16-14(19)12-6-5-11(20-12)8-18-10(3)13(15)9(2)17-18/h4-6H,1,7-8H2,2-3H3,(H,16,19). The van der Waals surface area contributed by atoms with Gasteiger partial charge in [0.05, 0.1) is 23.0 Å². The van der Waals surface area contributed by atoms with E-state index in [0.29, 0.717) is 23.9 Å². The molecule has 0 aliphatic rings. The van der Waals surface area contributed by atoms with Crippen molar-refractivity contribution in [3.63, 3.8) is 0 Å². The summed E-state index contributed by atoms with van der Waals surface area (Å²) in [5, 5.41) is 7.63. The van der Waals surface area contributed by atoms with Crippen molar-refractivity contribution in [2.24, 2.45) is 0 Å². The largest absolute Gasteiger partial charge is 0.454 e. The normalized spacial score (nSPS) is 10.6. The van der Waals surface area contributed by atoms with Crippen LogP contribution in [0, 0.1) is 13.8 Å². The average Bonchev–Trinajstić information content (AvgIpc) is 2.98. The number of nitrogens with zero attached hydrogens (tertiary/aromatic N) is 2. The van der Waals surface area contributed by atoms with E-state index in [1.54, 1.807) is 22.9 Å². The van der Waals surface area contributed by atoms with Crippen molar-refractivity contribution >= 4 is 17.5 Å². The summed E-state index contributed by atoms with van der Waals surface area (Å²) in [7, 11) is 0. The Hall–Kier alpha value is -2.01. The lowest BCUT2D eigenvalue weighted by Gasteiger charge is -2.02. The fraction of sp³-hybridized carbons (Fsp3) is 0.286. The van der Waals surface area contributed by atoms with Gasteiger partial charge in [-0.15, -0.1) is 6.58 Å². The number of carbonyl (C=O) groups is 1. The first-order valence-corrected chi connectivity index (χ1v) is 6.58. The zero-order valence-electron chi connectivity index (χ0n) is 11.4. The maximum absolute atomic E-state index is 11.7. The first-order chi connectivity index (χ1) is 9.52. The first kappa shape index (κ1) is 14.4. The number of carbonyl (C=O) groups excluding carboxylic acids is 1. The summed E-state index contributed by atoms with van der Waals surface area (Å²) in [6.07, 6.45) is 1.61. The summed E-state index contributed by atoms with van der Waals surface area (Å²) < 4.78 is 7.25. The number of nitrogens with one attached hydrogen (secondary N) is 1. The molecule has 0 aliphatic carbocycles. The van der Waals surface area contributed by atoms with Crippen LogP contribution in [0.25, 0.3) is 0 Å². The van der Waals surface area contributed by atoms with Gasteiger partial charge >= 0.3 is 0 Å². The number of furan rings is 1. The highest BCUT2D eigenvalue weighted by molar-refractivity contribution is 6.31. The molecule has 2 aromatic heterocycles. The predicted molar refractivity (Wildman–Crippen MR) is 77.1 cm³/mol. The summed E-state index contributed by atoms with van der Waals surface area (Å²) in [6.45, 7) is 8.12. The molecule has 1 amide bonds. The van der Waals surface area contributed by atoms with E-state index in [0.717, 1.165) is 11.4 Å². The Morgan fingerprint density at radius 1 is 1.55 bits per heavy atom. The molecule has 1 N–H and O–H groups in total. The van der Waals surface area contributed by atoms with Gasteiger partial charge in [0.15, 0.2) is 5.76 Å². The van der Waals surface area contributed by atoms with Crippen molar-refractivity contribution in [3.8, 4) is 0 Å². The van der Waals surface area contributed by atoms with Crippen LogP contribution >= 0.6 is 11.6 Å². The minimum absolute atomic E-state index is 0.262. The molecule has 0 spiro atoms. The Bertz CT molecular complexity index is 643. The van der Waals surface area contributed by atoms with E-state index in [2.05, 4.69) is 17.0 Å². The van der Waals surface area contributed by atoms with Crippen LogP contribution in [0.15, 0.2) is 29.2 Å². The van der Waals surface area contributed by atoms with Crippen LogP contribution in [-0.4, -0.2) is 22.2 Å². The molecule has 0 saturated carbocycles. The first-order valence-electron chi connectivity index (χ1n) is 6.20. The zero-order chi connectivity index (χ0) is 14.7. The van der Waals surface area contributed by atoms with E-state index in [4.69, 9.17) is 16.0 Å². The molecule has 0 unspecified atom stereocenters. The Labute approximate surface area is 122 Å². The number of aryl methyl sites for hydroxylation is 1. The molecule has 0 radical (unpaired) electrons. The fourth-order valence-corrected chi connectivity index (χ4v) is 1.95. The lowest BCUT2D eigenvalue weighted by Crippen LogP contribution is -2.22. The molecular weight excluding hydrogens is 278 g/mol. The second-order valence-electron chi connectivity index (χ2n) is 4.41. The number of hydrogen-bond donors (Lipinski definition) is 1. The van der Waals surface area contributed by atoms with Crippen molar-refractivity contribution < 1.29 is 9.21 Å². The Balaban J connectivity index is 2.11. The second kappa shape index (κ2) is 5.96. The van der Waals surface area contributed by atoms with Crippen LogP contribution in [0.2, 0.25) is 5.02 Å². The molecule has 5 nitrogen and oxygen atoms in total. The minimum atomic E-state index is -0.262. The molecule has 2 rings (SSSR count). The van der Waals surface area contributed by atoms with Gasteiger partial charge in [0.1, 0.15) is 5.76 Å². The van der Waals surface area contributed by atoms with Gasteiger partial charge in [0, 0.05) is 6.54 Å². The number of halogens is 1. The maximum Gasteiger partial charge on any atom is 0.287 e. The van der Waals surface area contributed by atoms with Crippen LogP contribution in [0.1, 0.15) is 27.7 Å². The molecule has 20 heavy (non-hydrogen) atoms. The fourth-order valence-electron chi connectivity index (χ4n) is 1.81. The smallest absolute Gasteiger partial charge is 0.287 e. The van der Waals surface area contributed by atoms with Crippen LogP contribution < -0.4 is 5.32 Å². The van der Waals surface area contributed by atoms with Crippen LogP contribution in [0.3, 0.4) is 0 Å². The van der Waals surface area contributed by atoms with Gasteiger partial charge in [-0.2, -0.15) is 5.10 Å². The highest BCUT2D eigenvalue weighted by Crippen LogP contribution is 2.20. The van der Waals surface area contributed by atoms with E-state index in [9.17, 15) is 4.79 Å². The predicted octanol–water partition coefficient (Wildman–Crippen LogP) is 2.71. The van der Waals surface area contributed by atoms with Gasteiger partial charge < -0.3 is 9.73 Å². The van der Waals surface area contributed by atoms with E-state index in [-0.39, 0.29) is 11.7 Å². The topological polar surface area (TPSA) is 60.1 Å². The van der Waals surface area contributed by atoms with Crippen molar-refractivity contribution in [2.45, 2.75) is 20.4 Å². The maximum atomic E-state index is 11.7. The third kappa shape index (κ3) is 2.93. The van der Waals surface area contributed by atoms with E-state index in [1.807, 2.05) is 13.8 Å². The molecule has 0 atom stereocenters. The number of hydrogen-bond acceptors (Lipinski definition) is 3. The van der Waals surface area contributed by atoms with Gasteiger partial charge in [-0.05, 0) is 26.0 Å². The van der Waals surface area contributed by atoms with Gasteiger partial charge in [-0.25, -0.2) is 0 Å². The van der Waals surface area contributed by atoms with Crippen molar-refractivity contribution in [1.29, 1.82) is 0 Å². The van der Waals surface area contributed by atoms with Gasteiger partial charge in [0.25, 0.3) is 5.91 Å². The van der Waals surface area contributed by atoms with Gasteiger partial charge in [0.2, 0.25) is 0 Å². The van der Waals surface area contributed by atoms with Crippen molar-refractivity contribution in [2.75, 3.05) is 6.54 Å². The lowest BCUT2D eigenvalue weighted by molar-refractivity contribution is 0.0928. The van der Waals surface area contributed by atoms with Gasteiger partial charge in [-0.3, -0.25) is 9.48 Å². The van der Waals surface area contributed by atoms with Crippen LogP contribution in [0.4, 0.5) is 0 Å². The van der Waals surface area contributed by atoms with E-state index < -0.39 is 0 Å². The molecule has 0 fully saturated rings. The van der Waals surface area contributed by atoms with Crippen molar-refractivity contribution in [3.05, 3.63) is 52.7 Å². The third-order valence-corrected chi connectivity index (χ3v) is 3.44. The molecule has 2 heterocycles. The van der Waals surface area contributed by atoms with Gasteiger partial charge in [-0.1, -0.05) is 17.7 Å². The number of rotatable bonds is 5. The minimum Gasteiger partial charge on any atom is -0.454 e. The average molecular weight is 294 g/mol. The Morgan fingerprint density at radius 2 is 2.30 bits per heavy atom. The molecule has 0 saturated heterocycles. The summed E-state index contributed by atoms with van der Waals surface area (Å²) >= 11 is 6.09. The van der Waals surface area contributed by atoms with E-state index >= 15 is 0 Å². The molecule has 6 heteroatoms. The second-order valence-corrected chi connectivity index (χ2v) is 4.79. The Kier molecular flexibility index (Phi) is 4.29. The highest BCUT2D eigenvalue weighted by atomic mass is 35.5. The summed E-state index contributed by atoms with van der Waals surface area (Å²) in [4.78, 5) is 11.7. The summed E-state index contributed by atoms with van der Waals surface area (Å²) in [5.41, 5.74) is 1.65. The highest BCUT2D eigenvalue weighted by Gasteiger charge is 2.13. The SMILES string of the molecule is C=CCNC(=O)c1ccc(Cn2nc(C)c(Cl)c2C)o1. The zero-order valence-corrected chi connectivity index (χ0v) is 12.2.